The van der Waals surface area contributed by atoms with Crippen molar-refractivity contribution in [3.63, 3.8) is 0 Å². The normalized spacial score (nSPS) is 14.2. The van der Waals surface area contributed by atoms with E-state index in [0.717, 1.165) is 18.7 Å². The van der Waals surface area contributed by atoms with E-state index in [9.17, 15) is 9.18 Å². The van der Waals surface area contributed by atoms with E-state index >= 15 is 0 Å². The predicted molar refractivity (Wildman–Crippen MR) is 105 cm³/mol. The summed E-state index contributed by atoms with van der Waals surface area (Å²) in [4.78, 5) is 17.7. The molecule has 6 heteroatoms. The van der Waals surface area contributed by atoms with E-state index in [1.165, 1.54) is 24.6 Å². The minimum atomic E-state index is -0.359. The minimum absolute atomic E-state index is 0.250. The van der Waals surface area contributed by atoms with Crippen LogP contribution < -0.4 is 10.2 Å². The number of carbonyl (C=O) groups is 1. The Morgan fingerprint density at radius 1 is 1.15 bits per heavy atom. The second kappa shape index (κ2) is 7.11. The van der Waals surface area contributed by atoms with Gasteiger partial charge in [-0.3, -0.25) is 4.79 Å². The Kier molecular flexibility index (Phi) is 4.68. The average Bonchev–Trinajstić information content (AvgIpc) is 3.30. The van der Waals surface area contributed by atoms with Crippen LogP contribution in [0.3, 0.4) is 0 Å². The van der Waals surface area contributed by atoms with Gasteiger partial charge in [-0.2, -0.15) is 0 Å². The van der Waals surface area contributed by atoms with E-state index < -0.39 is 0 Å². The van der Waals surface area contributed by atoms with Crippen LogP contribution >= 0.6 is 15.9 Å². The van der Waals surface area contributed by atoms with Crippen LogP contribution in [0.15, 0.2) is 46.9 Å². The molecule has 0 aliphatic carbocycles. The fraction of sp³-hybridized carbons (Fsp3) is 0.250. The molecule has 0 atom stereocenters. The van der Waals surface area contributed by atoms with Crippen molar-refractivity contribution in [2.24, 2.45) is 0 Å². The fourth-order valence-corrected chi connectivity index (χ4v) is 3.79. The van der Waals surface area contributed by atoms with E-state index in [1.54, 1.807) is 12.1 Å². The molecule has 0 spiro atoms. The number of carbonyl (C=O) groups excluding carboxylic acids is 1. The third-order valence-electron chi connectivity index (χ3n) is 4.76. The third kappa shape index (κ3) is 3.46. The number of benzene rings is 2. The maximum absolute atomic E-state index is 14.0. The third-order valence-corrected chi connectivity index (χ3v) is 5.22. The molecule has 2 heterocycles. The summed E-state index contributed by atoms with van der Waals surface area (Å²) in [5.41, 5.74) is 3.21. The van der Waals surface area contributed by atoms with Gasteiger partial charge >= 0.3 is 0 Å². The van der Waals surface area contributed by atoms with Crippen LogP contribution in [0.1, 0.15) is 28.9 Å². The second-order valence-corrected chi connectivity index (χ2v) is 7.49. The lowest BCUT2D eigenvalue weighted by atomic mass is 10.2. The number of aromatic amines is 1. The van der Waals surface area contributed by atoms with Crippen molar-refractivity contribution in [1.29, 1.82) is 0 Å². The number of halogens is 2. The molecule has 1 fully saturated rings. The molecule has 0 saturated carbocycles. The summed E-state index contributed by atoms with van der Waals surface area (Å²) in [7, 11) is 0. The number of aromatic nitrogens is 1. The molecule has 3 aromatic rings. The van der Waals surface area contributed by atoms with E-state index in [2.05, 4.69) is 43.3 Å². The lowest BCUT2D eigenvalue weighted by Crippen LogP contribution is -2.23. The molecule has 134 valence electrons. The maximum Gasteiger partial charge on any atom is 0.267 e. The van der Waals surface area contributed by atoms with E-state index in [-0.39, 0.29) is 11.7 Å². The standard InChI is InChI=1S/C20H19BrFN3O/c21-14-9-17(22)16-11-19(24-18(16)10-14)20(26)23-12-13-3-5-15(6-4-13)25-7-1-2-8-25/h3-6,9-11,24H,1-2,7-8,12H2,(H,23,26). The number of nitrogens with one attached hydrogen (secondary N) is 2. The number of anilines is 1. The molecule has 2 N–H and O–H groups in total. The first kappa shape index (κ1) is 17.1. The summed E-state index contributed by atoms with van der Waals surface area (Å²) in [5.74, 6) is -0.609. The van der Waals surface area contributed by atoms with Crippen molar-refractivity contribution in [3.8, 4) is 0 Å². The summed E-state index contributed by atoms with van der Waals surface area (Å²) < 4.78 is 14.6. The largest absolute Gasteiger partial charge is 0.372 e. The Morgan fingerprint density at radius 3 is 2.62 bits per heavy atom. The molecule has 0 bridgehead atoms. The molecule has 0 unspecified atom stereocenters. The van der Waals surface area contributed by atoms with E-state index in [1.807, 2.05) is 12.1 Å². The SMILES string of the molecule is O=C(NCc1ccc(N2CCCC2)cc1)c1cc2c(F)cc(Br)cc2[nH]1. The molecule has 1 amide bonds. The molecule has 26 heavy (non-hydrogen) atoms. The summed E-state index contributed by atoms with van der Waals surface area (Å²) in [5, 5.41) is 3.29. The average molecular weight is 416 g/mol. The molecule has 0 radical (unpaired) electrons. The van der Waals surface area contributed by atoms with E-state index in [4.69, 9.17) is 0 Å². The number of rotatable bonds is 4. The molecule has 1 aliphatic rings. The van der Waals surface area contributed by atoms with Crippen LogP contribution in [0.4, 0.5) is 10.1 Å². The number of hydrogen-bond donors (Lipinski definition) is 2. The monoisotopic (exact) mass is 415 g/mol. The second-order valence-electron chi connectivity index (χ2n) is 6.58. The predicted octanol–water partition coefficient (Wildman–Crippen LogP) is 4.60. The van der Waals surface area contributed by atoms with Gasteiger partial charge in [0.2, 0.25) is 0 Å². The summed E-state index contributed by atoms with van der Waals surface area (Å²) in [6.07, 6.45) is 2.50. The van der Waals surface area contributed by atoms with Gasteiger partial charge in [-0.05, 0) is 48.7 Å². The smallest absolute Gasteiger partial charge is 0.267 e. The summed E-state index contributed by atoms with van der Waals surface area (Å²) in [6, 6.07) is 13.0. The number of hydrogen-bond acceptors (Lipinski definition) is 2. The van der Waals surface area contributed by atoms with Crippen molar-refractivity contribution in [2.75, 3.05) is 18.0 Å². The van der Waals surface area contributed by atoms with Gasteiger partial charge in [-0.25, -0.2) is 4.39 Å². The van der Waals surface area contributed by atoms with Crippen LogP contribution in [-0.4, -0.2) is 24.0 Å². The highest BCUT2D eigenvalue weighted by molar-refractivity contribution is 9.10. The topological polar surface area (TPSA) is 48.1 Å². The molecule has 1 aromatic heterocycles. The van der Waals surface area contributed by atoms with Crippen molar-refractivity contribution >= 4 is 38.4 Å². The Bertz CT molecular complexity index is 946. The fourth-order valence-electron chi connectivity index (χ4n) is 3.36. The first-order valence-corrected chi connectivity index (χ1v) is 9.49. The number of fused-ring (bicyclic) bond motifs is 1. The lowest BCUT2D eigenvalue weighted by molar-refractivity contribution is 0.0947. The maximum atomic E-state index is 14.0. The molecule has 4 nitrogen and oxygen atoms in total. The van der Waals surface area contributed by atoms with Gasteiger partial charge in [0.25, 0.3) is 5.91 Å². The zero-order valence-electron chi connectivity index (χ0n) is 14.2. The van der Waals surface area contributed by atoms with Gasteiger partial charge in [0.15, 0.2) is 0 Å². The quantitative estimate of drug-likeness (QED) is 0.653. The first-order valence-electron chi connectivity index (χ1n) is 8.70. The highest BCUT2D eigenvalue weighted by Gasteiger charge is 2.14. The zero-order valence-corrected chi connectivity index (χ0v) is 15.8. The minimum Gasteiger partial charge on any atom is -0.372 e. The molecule has 4 rings (SSSR count). The van der Waals surface area contributed by atoms with Gasteiger partial charge in [0.05, 0.1) is 5.52 Å². The Balaban J connectivity index is 1.43. The highest BCUT2D eigenvalue weighted by atomic mass is 79.9. The van der Waals surface area contributed by atoms with Crippen molar-refractivity contribution in [3.05, 3.63) is 64.0 Å². The van der Waals surface area contributed by atoms with E-state index in [0.29, 0.717) is 27.6 Å². The van der Waals surface area contributed by atoms with Crippen LogP contribution in [0.5, 0.6) is 0 Å². The lowest BCUT2D eigenvalue weighted by Gasteiger charge is -2.17. The molecular formula is C20H19BrFN3O. The number of amides is 1. The summed E-state index contributed by atoms with van der Waals surface area (Å²) in [6.45, 7) is 2.66. The van der Waals surface area contributed by atoms with Crippen LogP contribution in [-0.2, 0) is 6.54 Å². The molecular weight excluding hydrogens is 397 g/mol. The van der Waals surface area contributed by atoms with Crippen LogP contribution in [0.2, 0.25) is 0 Å². The zero-order chi connectivity index (χ0) is 18.1. The van der Waals surface area contributed by atoms with Gasteiger partial charge in [0.1, 0.15) is 11.5 Å². The van der Waals surface area contributed by atoms with Gasteiger partial charge < -0.3 is 15.2 Å². The van der Waals surface area contributed by atoms with Crippen molar-refractivity contribution < 1.29 is 9.18 Å². The molecule has 2 aromatic carbocycles. The van der Waals surface area contributed by atoms with Gasteiger partial charge in [0, 0.05) is 35.2 Å². The number of nitrogens with zero attached hydrogens (tertiary/aromatic N) is 1. The highest BCUT2D eigenvalue weighted by Crippen LogP contribution is 2.24. The van der Waals surface area contributed by atoms with Crippen molar-refractivity contribution in [2.45, 2.75) is 19.4 Å². The Hall–Kier alpha value is -2.34. The number of H-pyrrole nitrogens is 1. The Morgan fingerprint density at radius 2 is 1.88 bits per heavy atom. The summed E-state index contributed by atoms with van der Waals surface area (Å²) >= 11 is 3.26. The van der Waals surface area contributed by atoms with Crippen LogP contribution in [0.25, 0.3) is 10.9 Å². The molecule has 1 saturated heterocycles. The van der Waals surface area contributed by atoms with Crippen molar-refractivity contribution in [1.82, 2.24) is 10.3 Å². The van der Waals surface area contributed by atoms with Gasteiger partial charge in [-0.1, -0.05) is 28.1 Å². The first-order chi connectivity index (χ1) is 12.6. The Labute approximate surface area is 159 Å². The van der Waals surface area contributed by atoms with Crippen LogP contribution in [0, 0.1) is 5.82 Å². The molecule has 1 aliphatic heterocycles. The van der Waals surface area contributed by atoms with Gasteiger partial charge in [-0.15, -0.1) is 0 Å².